The van der Waals surface area contributed by atoms with Gasteiger partial charge in [0.2, 0.25) is 5.91 Å². The Labute approximate surface area is 153 Å². The van der Waals surface area contributed by atoms with Gasteiger partial charge >= 0.3 is 0 Å². The number of rotatable bonds is 2. The van der Waals surface area contributed by atoms with Crippen molar-refractivity contribution in [3.8, 4) is 11.5 Å². The van der Waals surface area contributed by atoms with Crippen LogP contribution in [-0.2, 0) is 17.9 Å². The molecule has 1 aromatic carbocycles. The van der Waals surface area contributed by atoms with Crippen molar-refractivity contribution in [2.45, 2.75) is 40.8 Å². The van der Waals surface area contributed by atoms with E-state index in [0.29, 0.717) is 13.1 Å². The van der Waals surface area contributed by atoms with Crippen LogP contribution in [0.2, 0.25) is 0 Å². The SMILES string of the molecule is Cc1cccc(-n2nc3c(c2-n2cccc2)CN(C(=O)C(C)(C)C)C3)c1. The molecule has 0 N–H and O–H groups in total. The molecule has 3 heterocycles. The van der Waals surface area contributed by atoms with E-state index in [0.717, 1.165) is 22.8 Å². The summed E-state index contributed by atoms with van der Waals surface area (Å²) in [6.07, 6.45) is 4.05. The molecule has 0 atom stereocenters. The third-order valence-corrected chi connectivity index (χ3v) is 4.75. The fourth-order valence-electron chi connectivity index (χ4n) is 3.50. The van der Waals surface area contributed by atoms with Gasteiger partial charge in [0.05, 0.1) is 24.5 Å². The lowest BCUT2D eigenvalue weighted by atomic mass is 9.95. The molecule has 0 aliphatic carbocycles. The summed E-state index contributed by atoms with van der Waals surface area (Å²) in [6, 6.07) is 12.3. The standard InChI is InChI=1S/C21H24N4O/c1-15-8-7-9-16(12-15)25-19(23-10-5-6-11-23)17-13-24(14-18(17)22-25)20(26)21(2,3)4/h5-12H,13-14H2,1-4H3. The maximum atomic E-state index is 12.7. The number of amides is 1. The van der Waals surface area contributed by atoms with Crippen LogP contribution in [0.15, 0.2) is 48.8 Å². The Hall–Kier alpha value is -2.82. The Kier molecular flexibility index (Phi) is 3.75. The van der Waals surface area contributed by atoms with Crippen molar-refractivity contribution in [1.29, 1.82) is 0 Å². The fourth-order valence-corrected chi connectivity index (χ4v) is 3.50. The Morgan fingerprint density at radius 1 is 1.08 bits per heavy atom. The maximum Gasteiger partial charge on any atom is 0.228 e. The number of carbonyl (C=O) groups is 1. The van der Waals surface area contributed by atoms with Gasteiger partial charge in [-0.25, -0.2) is 4.68 Å². The molecule has 0 saturated carbocycles. The fraction of sp³-hybridized carbons (Fsp3) is 0.333. The second-order valence-corrected chi connectivity index (χ2v) is 8.00. The lowest BCUT2D eigenvalue weighted by Gasteiger charge is -2.25. The molecule has 1 aliphatic heterocycles. The van der Waals surface area contributed by atoms with E-state index in [1.807, 2.05) is 60.9 Å². The van der Waals surface area contributed by atoms with E-state index in [2.05, 4.69) is 29.7 Å². The third-order valence-electron chi connectivity index (χ3n) is 4.75. The monoisotopic (exact) mass is 348 g/mol. The van der Waals surface area contributed by atoms with E-state index >= 15 is 0 Å². The highest BCUT2D eigenvalue weighted by molar-refractivity contribution is 5.82. The van der Waals surface area contributed by atoms with Crippen LogP contribution in [0, 0.1) is 12.3 Å². The van der Waals surface area contributed by atoms with Crippen molar-refractivity contribution in [2.75, 3.05) is 0 Å². The predicted molar refractivity (Wildman–Crippen MR) is 101 cm³/mol. The van der Waals surface area contributed by atoms with Crippen molar-refractivity contribution < 1.29 is 4.79 Å². The summed E-state index contributed by atoms with van der Waals surface area (Å²) < 4.78 is 4.08. The van der Waals surface area contributed by atoms with Crippen LogP contribution in [0.1, 0.15) is 37.6 Å². The molecule has 3 aromatic rings. The molecule has 2 aromatic heterocycles. The van der Waals surface area contributed by atoms with Crippen LogP contribution < -0.4 is 0 Å². The topological polar surface area (TPSA) is 43.1 Å². The highest BCUT2D eigenvalue weighted by Gasteiger charge is 2.35. The smallest absolute Gasteiger partial charge is 0.228 e. The van der Waals surface area contributed by atoms with E-state index < -0.39 is 0 Å². The van der Waals surface area contributed by atoms with Gasteiger partial charge in [0.15, 0.2) is 0 Å². The molecule has 4 rings (SSSR count). The van der Waals surface area contributed by atoms with E-state index in [9.17, 15) is 4.79 Å². The first kappa shape index (κ1) is 16.6. The molecular weight excluding hydrogens is 324 g/mol. The largest absolute Gasteiger partial charge is 0.332 e. The van der Waals surface area contributed by atoms with Gasteiger partial charge in [0.1, 0.15) is 5.82 Å². The van der Waals surface area contributed by atoms with Crippen LogP contribution in [0.25, 0.3) is 11.5 Å². The summed E-state index contributed by atoms with van der Waals surface area (Å²) in [6.45, 7) is 9.14. The predicted octanol–water partition coefficient (Wildman–Crippen LogP) is 3.86. The van der Waals surface area contributed by atoms with Gasteiger partial charge < -0.3 is 9.47 Å². The molecule has 134 valence electrons. The van der Waals surface area contributed by atoms with E-state index in [1.54, 1.807) is 0 Å². The zero-order valence-electron chi connectivity index (χ0n) is 15.7. The Morgan fingerprint density at radius 3 is 2.46 bits per heavy atom. The van der Waals surface area contributed by atoms with Crippen LogP contribution in [-0.4, -0.2) is 25.2 Å². The average molecular weight is 348 g/mol. The minimum Gasteiger partial charge on any atom is -0.332 e. The molecule has 0 radical (unpaired) electrons. The van der Waals surface area contributed by atoms with E-state index in [-0.39, 0.29) is 11.3 Å². The number of aromatic nitrogens is 3. The van der Waals surface area contributed by atoms with Crippen molar-refractivity contribution in [3.63, 3.8) is 0 Å². The number of carbonyl (C=O) groups excluding carboxylic acids is 1. The lowest BCUT2D eigenvalue weighted by molar-refractivity contribution is -0.140. The second kappa shape index (κ2) is 5.87. The molecule has 0 saturated heterocycles. The Morgan fingerprint density at radius 2 is 1.81 bits per heavy atom. The summed E-state index contributed by atoms with van der Waals surface area (Å²) >= 11 is 0. The van der Waals surface area contributed by atoms with Gasteiger partial charge in [-0.05, 0) is 36.8 Å². The van der Waals surface area contributed by atoms with Crippen molar-refractivity contribution >= 4 is 5.91 Å². The number of benzene rings is 1. The first-order chi connectivity index (χ1) is 12.3. The highest BCUT2D eigenvalue weighted by Crippen LogP contribution is 2.33. The lowest BCUT2D eigenvalue weighted by Crippen LogP contribution is -2.36. The van der Waals surface area contributed by atoms with E-state index in [1.165, 1.54) is 5.56 Å². The number of aryl methyl sites for hydroxylation is 1. The second-order valence-electron chi connectivity index (χ2n) is 8.00. The summed E-state index contributed by atoms with van der Waals surface area (Å²) in [7, 11) is 0. The van der Waals surface area contributed by atoms with Crippen LogP contribution in [0.5, 0.6) is 0 Å². The van der Waals surface area contributed by atoms with Gasteiger partial charge in [0.25, 0.3) is 0 Å². The number of fused-ring (bicyclic) bond motifs is 1. The normalized spacial score (nSPS) is 13.9. The summed E-state index contributed by atoms with van der Waals surface area (Å²) in [4.78, 5) is 14.6. The number of hydrogen-bond donors (Lipinski definition) is 0. The molecule has 1 aliphatic rings. The quantitative estimate of drug-likeness (QED) is 0.706. The summed E-state index contributed by atoms with van der Waals surface area (Å²) in [5.41, 5.74) is 3.95. The number of nitrogens with zero attached hydrogens (tertiary/aromatic N) is 4. The zero-order valence-corrected chi connectivity index (χ0v) is 15.7. The molecule has 0 unspecified atom stereocenters. The Balaban J connectivity index is 1.80. The first-order valence-electron chi connectivity index (χ1n) is 8.95. The first-order valence-corrected chi connectivity index (χ1v) is 8.95. The van der Waals surface area contributed by atoms with Gasteiger partial charge in [0, 0.05) is 23.4 Å². The Bertz CT molecular complexity index is 961. The molecule has 0 bridgehead atoms. The minimum absolute atomic E-state index is 0.163. The van der Waals surface area contributed by atoms with Crippen LogP contribution in [0.3, 0.4) is 0 Å². The number of hydrogen-bond acceptors (Lipinski definition) is 2. The average Bonchev–Trinajstić information content (AvgIpc) is 3.28. The van der Waals surface area contributed by atoms with Crippen LogP contribution in [0.4, 0.5) is 0 Å². The van der Waals surface area contributed by atoms with Crippen molar-refractivity contribution in [2.24, 2.45) is 5.41 Å². The van der Waals surface area contributed by atoms with Crippen molar-refractivity contribution in [3.05, 3.63) is 65.6 Å². The molecule has 0 fully saturated rings. The van der Waals surface area contributed by atoms with Gasteiger partial charge in [-0.15, -0.1) is 0 Å². The van der Waals surface area contributed by atoms with E-state index in [4.69, 9.17) is 5.10 Å². The van der Waals surface area contributed by atoms with Crippen molar-refractivity contribution in [1.82, 2.24) is 19.2 Å². The maximum absolute atomic E-state index is 12.7. The van der Waals surface area contributed by atoms with Crippen LogP contribution >= 0.6 is 0 Å². The van der Waals surface area contributed by atoms with Gasteiger partial charge in [-0.2, -0.15) is 5.10 Å². The highest BCUT2D eigenvalue weighted by atomic mass is 16.2. The molecule has 26 heavy (non-hydrogen) atoms. The molecule has 1 amide bonds. The van der Waals surface area contributed by atoms with Gasteiger partial charge in [-0.3, -0.25) is 4.79 Å². The summed E-state index contributed by atoms with van der Waals surface area (Å²) in [5.74, 6) is 1.18. The third kappa shape index (κ3) is 2.73. The van der Waals surface area contributed by atoms with Gasteiger partial charge in [-0.1, -0.05) is 32.9 Å². The molecular formula is C21H24N4O. The minimum atomic E-state index is -0.385. The summed E-state index contributed by atoms with van der Waals surface area (Å²) in [5, 5.41) is 4.87. The molecule has 5 heteroatoms. The zero-order chi connectivity index (χ0) is 18.5. The molecule has 5 nitrogen and oxygen atoms in total. The molecule has 0 spiro atoms.